The van der Waals surface area contributed by atoms with Crippen molar-refractivity contribution in [2.75, 3.05) is 18.5 Å². The van der Waals surface area contributed by atoms with Crippen LogP contribution >= 0.6 is 11.3 Å². The molecule has 96 valence electrons. The van der Waals surface area contributed by atoms with Gasteiger partial charge in [-0.05, 0) is 42.0 Å². The largest absolute Gasteiger partial charge is 0.466 e. The number of hydrogen-bond acceptors (Lipinski definition) is 4. The Balaban J connectivity index is 1.95. The highest BCUT2D eigenvalue weighted by Crippen LogP contribution is 2.24. The standard InChI is InChI=1S/C14H17NO2S/c1-3-17-14(16)10(2)9-15-12-4-5-13-11(8-12)6-7-18-13/h4-8,10,15H,3,9H2,1-2H3. The number of ether oxygens (including phenoxy) is 1. The third-order valence-electron chi connectivity index (χ3n) is 2.75. The van der Waals surface area contributed by atoms with Crippen molar-refractivity contribution >= 4 is 33.1 Å². The van der Waals surface area contributed by atoms with Crippen molar-refractivity contribution in [3.05, 3.63) is 29.6 Å². The lowest BCUT2D eigenvalue weighted by Gasteiger charge is -2.12. The Morgan fingerprint density at radius 1 is 1.44 bits per heavy atom. The first-order valence-electron chi connectivity index (χ1n) is 6.08. The molecule has 2 rings (SSSR count). The Bertz CT molecular complexity index is 535. The summed E-state index contributed by atoms with van der Waals surface area (Å²) in [6, 6.07) is 8.33. The van der Waals surface area contributed by atoms with E-state index in [1.807, 2.05) is 19.9 Å². The number of nitrogens with one attached hydrogen (secondary N) is 1. The van der Waals surface area contributed by atoms with Gasteiger partial charge in [0.15, 0.2) is 0 Å². The van der Waals surface area contributed by atoms with Crippen LogP contribution < -0.4 is 5.32 Å². The summed E-state index contributed by atoms with van der Waals surface area (Å²) < 4.78 is 6.25. The van der Waals surface area contributed by atoms with Crippen LogP contribution in [0.2, 0.25) is 0 Å². The van der Waals surface area contributed by atoms with E-state index >= 15 is 0 Å². The summed E-state index contributed by atoms with van der Waals surface area (Å²) in [5, 5.41) is 6.58. The summed E-state index contributed by atoms with van der Waals surface area (Å²) in [4.78, 5) is 11.5. The SMILES string of the molecule is CCOC(=O)C(C)CNc1ccc2sccc2c1. The predicted octanol–water partition coefficient (Wildman–Crippen LogP) is 3.51. The smallest absolute Gasteiger partial charge is 0.310 e. The zero-order valence-electron chi connectivity index (χ0n) is 10.6. The van der Waals surface area contributed by atoms with E-state index < -0.39 is 0 Å². The van der Waals surface area contributed by atoms with E-state index in [9.17, 15) is 4.79 Å². The molecule has 1 atom stereocenters. The van der Waals surface area contributed by atoms with Crippen molar-refractivity contribution in [1.29, 1.82) is 0 Å². The van der Waals surface area contributed by atoms with Gasteiger partial charge in [-0.2, -0.15) is 0 Å². The number of hydrogen-bond donors (Lipinski definition) is 1. The molecule has 0 fully saturated rings. The molecule has 1 unspecified atom stereocenters. The molecule has 2 aromatic rings. The quantitative estimate of drug-likeness (QED) is 0.839. The number of anilines is 1. The molecular formula is C14H17NO2S. The molecule has 0 radical (unpaired) electrons. The molecule has 0 bridgehead atoms. The maximum atomic E-state index is 11.5. The molecule has 4 heteroatoms. The Labute approximate surface area is 111 Å². The zero-order valence-corrected chi connectivity index (χ0v) is 11.4. The van der Waals surface area contributed by atoms with Crippen LogP contribution in [0.25, 0.3) is 10.1 Å². The van der Waals surface area contributed by atoms with Gasteiger partial charge in [0, 0.05) is 16.9 Å². The molecule has 3 nitrogen and oxygen atoms in total. The third-order valence-corrected chi connectivity index (χ3v) is 3.65. The van der Waals surface area contributed by atoms with Crippen LogP contribution in [0.5, 0.6) is 0 Å². The van der Waals surface area contributed by atoms with Crippen LogP contribution in [0.1, 0.15) is 13.8 Å². The molecule has 0 saturated carbocycles. The number of thiophene rings is 1. The average molecular weight is 263 g/mol. The Hall–Kier alpha value is -1.55. The lowest BCUT2D eigenvalue weighted by Crippen LogP contribution is -2.22. The van der Waals surface area contributed by atoms with E-state index in [-0.39, 0.29) is 11.9 Å². The maximum absolute atomic E-state index is 11.5. The second-order valence-electron chi connectivity index (χ2n) is 4.21. The van der Waals surface area contributed by atoms with Gasteiger partial charge in [-0.1, -0.05) is 6.92 Å². The van der Waals surface area contributed by atoms with Crippen LogP contribution in [0.3, 0.4) is 0 Å². The van der Waals surface area contributed by atoms with E-state index in [0.717, 1.165) is 5.69 Å². The zero-order chi connectivity index (χ0) is 13.0. The number of rotatable bonds is 5. The first kappa shape index (κ1) is 12.9. The Morgan fingerprint density at radius 2 is 2.28 bits per heavy atom. The van der Waals surface area contributed by atoms with Crippen molar-refractivity contribution in [2.45, 2.75) is 13.8 Å². The number of carbonyl (C=O) groups is 1. The molecule has 1 aromatic carbocycles. The summed E-state index contributed by atoms with van der Waals surface area (Å²) in [6.45, 7) is 4.72. The number of fused-ring (bicyclic) bond motifs is 1. The van der Waals surface area contributed by atoms with Gasteiger partial charge < -0.3 is 10.1 Å². The fraction of sp³-hybridized carbons (Fsp3) is 0.357. The number of esters is 1. The monoisotopic (exact) mass is 263 g/mol. The fourth-order valence-corrected chi connectivity index (χ4v) is 2.49. The van der Waals surface area contributed by atoms with Gasteiger partial charge >= 0.3 is 5.97 Å². The van der Waals surface area contributed by atoms with E-state index in [2.05, 4.69) is 28.9 Å². The Kier molecular flexibility index (Phi) is 4.20. The molecule has 1 heterocycles. The summed E-state index contributed by atoms with van der Waals surface area (Å²) in [7, 11) is 0. The topological polar surface area (TPSA) is 38.3 Å². The van der Waals surface area contributed by atoms with Crippen LogP contribution in [0, 0.1) is 5.92 Å². The van der Waals surface area contributed by atoms with Crippen molar-refractivity contribution in [3.63, 3.8) is 0 Å². The van der Waals surface area contributed by atoms with E-state index in [4.69, 9.17) is 4.74 Å². The maximum Gasteiger partial charge on any atom is 0.310 e. The summed E-state index contributed by atoms with van der Waals surface area (Å²) in [5.74, 6) is -0.287. The van der Waals surface area contributed by atoms with Crippen molar-refractivity contribution in [2.24, 2.45) is 5.92 Å². The van der Waals surface area contributed by atoms with Crippen LogP contribution in [-0.2, 0) is 9.53 Å². The molecule has 0 saturated heterocycles. The van der Waals surface area contributed by atoms with Crippen molar-refractivity contribution in [1.82, 2.24) is 0 Å². The molecule has 0 amide bonds. The lowest BCUT2D eigenvalue weighted by atomic mass is 10.1. The minimum absolute atomic E-state index is 0.136. The molecule has 0 aliphatic carbocycles. The Morgan fingerprint density at radius 3 is 3.06 bits per heavy atom. The number of carbonyl (C=O) groups excluding carboxylic acids is 1. The third kappa shape index (κ3) is 3.01. The van der Waals surface area contributed by atoms with E-state index in [0.29, 0.717) is 13.2 Å². The molecule has 18 heavy (non-hydrogen) atoms. The van der Waals surface area contributed by atoms with Crippen LogP contribution in [0.4, 0.5) is 5.69 Å². The van der Waals surface area contributed by atoms with Gasteiger partial charge in [-0.15, -0.1) is 11.3 Å². The van der Waals surface area contributed by atoms with Crippen molar-refractivity contribution in [3.8, 4) is 0 Å². The van der Waals surface area contributed by atoms with Crippen molar-refractivity contribution < 1.29 is 9.53 Å². The highest BCUT2D eigenvalue weighted by atomic mass is 32.1. The van der Waals surface area contributed by atoms with Gasteiger partial charge in [0.2, 0.25) is 0 Å². The average Bonchev–Trinajstić information content (AvgIpc) is 2.83. The first-order valence-corrected chi connectivity index (χ1v) is 6.96. The lowest BCUT2D eigenvalue weighted by molar-refractivity contribution is -0.146. The van der Waals surface area contributed by atoms with Gasteiger partial charge in [-0.25, -0.2) is 0 Å². The van der Waals surface area contributed by atoms with E-state index in [1.165, 1.54) is 10.1 Å². The first-order chi connectivity index (χ1) is 8.70. The second kappa shape index (κ2) is 5.87. The minimum atomic E-state index is -0.151. The highest BCUT2D eigenvalue weighted by molar-refractivity contribution is 7.17. The highest BCUT2D eigenvalue weighted by Gasteiger charge is 2.13. The van der Waals surface area contributed by atoms with Gasteiger partial charge in [-0.3, -0.25) is 4.79 Å². The summed E-state index contributed by atoms with van der Waals surface area (Å²) in [5.41, 5.74) is 1.04. The van der Waals surface area contributed by atoms with Gasteiger partial charge in [0.25, 0.3) is 0 Å². The predicted molar refractivity (Wildman–Crippen MR) is 76.1 cm³/mol. The minimum Gasteiger partial charge on any atom is -0.466 e. The summed E-state index contributed by atoms with van der Waals surface area (Å²) >= 11 is 1.73. The van der Waals surface area contributed by atoms with Crippen LogP contribution in [-0.4, -0.2) is 19.1 Å². The fourth-order valence-electron chi connectivity index (χ4n) is 1.72. The molecule has 1 N–H and O–H groups in total. The summed E-state index contributed by atoms with van der Waals surface area (Å²) in [6.07, 6.45) is 0. The molecule has 0 aliphatic heterocycles. The molecule has 0 aliphatic rings. The van der Waals surface area contributed by atoms with E-state index in [1.54, 1.807) is 11.3 Å². The normalized spacial score (nSPS) is 12.3. The second-order valence-corrected chi connectivity index (χ2v) is 5.15. The molecule has 0 spiro atoms. The van der Waals surface area contributed by atoms with Crippen LogP contribution in [0.15, 0.2) is 29.6 Å². The molecular weight excluding hydrogens is 246 g/mol. The van der Waals surface area contributed by atoms with Gasteiger partial charge in [0.05, 0.1) is 12.5 Å². The number of benzene rings is 1. The molecule has 1 aromatic heterocycles. The van der Waals surface area contributed by atoms with Gasteiger partial charge in [0.1, 0.15) is 0 Å².